The van der Waals surface area contributed by atoms with Crippen LogP contribution >= 0.6 is 22.9 Å². The van der Waals surface area contributed by atoms with Gasteiger partial charge in [-0.15, -0.1) is 11.3 Å². The highest BCUT2D eigenvalue weighted by molar-refractivity contribution is 7.14. The average Bonchev–Trinajstić information content (AvgIpc) is 3.15. The van der Waals surface area contributed by atoms with Crippen LogP contribution in [0.4, 0.5) is 5.13 Å². The maximum absolute atomic E-state index is 12.2. The third-order valence-corrected chi connectivity index (χ3v) is 5.22. The number of fused-ring (bicyclic) bond motifs is 1. The molecule has 1 heterocycles. The Kier molecular flexibility index (Phi) is 5.01. The van der Waals surface area contributed by atoms with Gasteiger partial charge >= 0.3 is 0 Å². The van der Waals surface area contributed by atoms with Crippen LogP contribution < -0.4 is 5.32 Å². The van der Waals surface area contributed by atoms with Crippen molar-refractivity contribution >= 4 is 50.8 Å². The fourth-order valence-electron chi connectivity index (χ4n) is 2.83. The van der Waals surface area contributed by atoms with Gasteiger partial charge in [0.2, 0.25) is 5.91 Å². The van der Waals surface area contributed by atoms with Crippen molar-refractivity contribution in [1.29, 1.82) is 0 Å². The second kappa shape index (κ2) is 7.74. The standard InChI is InChI=1S/C22H15ClN2OS/c23-19-11-4-2-7-16(19)12-13-21(26)25-22-24-20(14-27-22)18-10-5-8-15-6-1-3-9-17(15)18/h1-14H,(H,24,25,26)/b13-12+. The molecule has 0 aliphatic rings. The van der Waals surface area contributed by atoms with Crippen LogP contribution in [0.1, 0.15) is 5.56 Å². The lowest BCUT2D eigenvalue weighted by molar-refractivity contribution is -0.111. The van der Waals surface area contributed by atoms with Crippen LogP contribution in [0.15, 0.2) is 78.2 Å². The maximum Gasteiger partial charge on any atom is 0.250 e. The van der Waals surface area contributed by atoms with E-state index in [2.05, 4.69) is 28.5 Å². The lowest BCUT2D eigenvalue weighted by Gasteiger charge is -2.03. The maximum atomic E-state index is 12.2. The number of benzene rings is 3. The number of carbonyl (C=O) groups excluding carboxylic acids is 1. The number of thiazole rings is 1. The Morgan fingerprint density at radius 3 is 2.67 bits per heavy atom. The van der Waals surface area contributed by atoms with E-state index in [0.717, 1.165) is 27.6 Å². The van der Waals surface area contributed by atoms with Gasteiger partial charge in [-0.25, -0.2) is 4.98 Å². The van der Waals surface area contributed by atoms with E-state index in [-0.39, 0.29) is 5.91 Å². The molecule has 1 aromatic heterocycles. The molecule has 0 spiro atoms. The Bertz CT molecular complexity index is 1140. The monoisotopic (exact) mass is 390 g/mol. The smallest absolute Gasteiger partial charge is 0.250 e. The first-order valence-electron chi connectivity index (χ1n) is 8.38. The zero-order valence-electron chi connectivity index (χ0n) is 14.2. The number of hydrogen-bond donors (Lipinski definition) is 1. The molecule has 27 heavy (non-hydrogen) atoms. The Morgan fingerprint density at radius 1 is 1.00 bits per heavy atom. The van der Waals surface area contributed by atoms with Gasteiger partial charge in [-0.2, -0.15) is 0 Å². The molecule has 0 fully saturated rings. The number of nitrogens with one attached hydrogen (secondary N) is 1. The summed E-state index contributed by atoms with van der Waals surface area (Å²) in [5, 5.41) is 8.23. The molecule has 0 unspecified atom stereocenters. The van der Waals surface area contributed by atoms with Gasteiger partial charge in [0.25, 0.3) is 0 Å². The van der Waals surface area contributed by atoms with Crippen LogP contribution in [0.2, 0.25) is 5.02 Å². The SMILES string of the molecule is O=C(/C=C/c1ccccc1Cl)Nc1nc(-c2cccc3ccccc23)cs1. The minimum atomic E-state index is -0.242. The molecule has 4 rings (SSSR count). The Balaban J connectivity index is 1.53. The van der Waals surface area contributed by atoms with Gasteiger partial charge in [0, 0.05) is 22.0 Å². The Morgan fingerprint density at radius 2 is 1.78 bits per heavy atom. The minimum absolute atomic E-state index is 0.242. The van der Waals surface area contributed by atoms with E-state index in [0.29, 0.717) is 10.2 Å². The van der Waals surface area contributed by atoms with Gasteiger partial charge in [-0.05, 0) is 28.5 Å². The number of anilines is 1. The van der Waals surface area contributed by atoms with E-state index in [1.54, 1.807) is 12.1 Å². The van der Waals surface area contributed by atoms with Gasteiger partial charge in [0.1, 0.15) is 0 Å². The summed E-state index contributed by atoms with van der Waals surface area (Å²) < 4.78 is 0. The van der Waals surface area contributed by atoms with E-state index in [9.17, 15) is 4.79 Å². The van der Waals surface area contributed by atoms with Crippen molar-refractivity contribution in [1.82, 2.24) is 4.98 Å². The molecule has 0 radical (unpaired) electrons. The summed E-state index contributed by atoms with van der Waals surface area (Å²) in [5.74, 6) is -0.242. The molecule has 3 nitrogen and oxygen atoms in total. The van der Waals surface area contributed by atoms with Crippen molar-refractivity contribution < 1.29 is 4.79 Å². The highest BCUT2D eigenvalue weighted by atomic mass is 35.5. The second-order valence-corrected chi connectivity index (χ2v) is 7.17. The Labute approximate surface area is 166 Å². The molecule has 0 atom stereocenters. The van der Waals surface area contributed by atoms with Crippen LogP contribution in [0.5, 0.6) is 0 Å². The highest BCUT2D eigenvalue weighted by Gasteiger charge is 2.09. The van der Waals surface area contributed by atoms with Crippen molar-refractivity contribution in [2.75, 3.05) is 5.32 Å². The molecule has 132 valence electrons. The van der Waals surface area contributed by atoms with Gasteiger partial charge in [0.05, 0.1) is 5.69 Å². The first-order chi connectivity index (χ1) is 13.2. The second-order valence-electron chi connectivity index (χ2n) is 5.91. The molecule has 0 saturated carbocycles. The average molecular weight is 391 g/mol. The number of nitrogens with zero attached hydrogens (tertiary/aromatic N) is 1. The van der Waals surface area contributed by atoms with Gasteiger partial charge in [-0.1, -0.05) is 72.3 Å². The topological polar surface area (TPSA) is 42.0 Å². The third-order valence-electron chi connectivity index (χ3n) is 4.12. The van der Waals surface area contributed by atoms with E-state index in [1.165, 1.54) is 17.4 Å². The lowest BCUT2D eigenvalue weighted by atomic mass is 10.0. The van der Waals surface area contributed by atoms with E-state index >= 15 is 0 Å². The summed E-state index contributed by atoms with van der Waals surface area (Å²) in [6.45, 7) is 0. The number of aromatic nitrogens is 1. The van der Waals surface area contributed by atoms with Crippen molar-refractivity contribution in [3.8, 4) is 11.3 Å². The number of halogens is 1. The van der Waals surface area contributed by atoms with Gasteiger partial charge in [-0.3, -0.25) is 10.1 Å². The van der Waals surface area contributed by atoms with Gasteiger partial charge < -0.3 is 0 Å². The van der Waals surface area contributed by atoms with E-state index in [4.69, 9.17) is 11.6 Å². The summed E-state index contributed by atoms with van der Waals surface area (Å²) in [6.07, 6.45) is 3.15. The lowest BCUT2D eigenvalue weighted by Crippen LogP contribution is -2.07. The zero-order valence-corrected chi connectivity index (χ0v) is 15.8. The number of carbonyl (C=O) groups is 1. The quantitative estimate of drug-likeness (QED) is 0.417. The first-order valence-corrected chi connectivity index (χ1v) is 9.64. The molecule has 1 N–H and O–H groups in total. The molecule has 0 aliphatic carbocycles. The van der Waals surface area contributed by atoms with Crippen LogP contribution in [0.25, 0.3) is 28.1 Å². The van der Waals surface area contributed by atoms with Crippen LogP contribution in [0.3, 0.4) is 0 Å². The van der Waals surface area contributed by atoms with Crippen molar-refractivity contribution in [3.63, 3.8) is 0 Å². The summed E-state index contributed by atoms with van der Waals surface area (Å²) in [4.78, 5) is 16.8. The van der Waals surface area contributed by atoms with Crippen LogP contribution in [-0.4, -0.2) is 10.9 Å². The normalized spacial score (nSPS) is 11.1. The summed E-state index contributed by atoms with van der Waals surface area (Å²) in [6, 6.07) is 21.7. The fraction of sp³-hybridized carbons (Fsp3) is 0. The van der Waals surface area contributed by atoms with Gasteiger partial charge in [0.15, 0.2) is 5.13 Å². The molecule has 0 saturated heterocycles. The first kappa shape index (κ1) is 17.5. The molecule has 5 heteroatoms. The molecule has 0 aliphatic heterocycles. The predicted molar refractivity (Wildman–Crippen MR) is 114 cm³/mol. The fourth-order valence-corrected chi connectivity index (χ4v) is 3.74. The van der Waals surface area contributed by atoms with Crippen LogP contribution in [-0.2, 0) is 4.79 Å². The van der Waals surface area contributed by atoms with Crippen molar-refractivity contribution in [2.45, 2.75) is 0 Å². The molecular formula is C22H15ClN2OS. The number of hydrogen-bond acceptors (Lipinski definition) is 3. The minimum Gasteiger partial charge on any atom is -0.298 e. The number of rotatable bonds is 4. The van der Waals surface area contributed by atoms with Crippen molar-refractivity contribution in [2.24, 2.45) is 0 Å². The Hall–Kier alpha value is -2.95. The molecule has 0 bridgehead atoms. The van der Waals surface area contributed by atoms with Crippen molar-refractivity contribution in [3.05, 3.63) is 88.8 Å². The molecule has 1 amide bonds. The summed E-state index contributed by atoms with van der Waals surface area (Å²) in [5.41, 5.74) is 2.70. The van der Waals surface area contributed by atoms with Crippen LogP contribution in [0, 0.1) is 0 Å². The number of amides is 1. The van der Waals surface area contributed by atoms with E-state index in [1.807, 2.05) is 47.8 Å². The largest absolute Gasteiger partial charge is 0.298 e. The summed E-state index contributed by atoms with van der Waals surface area (Å²) in [7, 11) is 0. The highest BCUT2D eigenvalue weighted by Crippen LogP contribution is 2.31. The third kappa shape index (κ3) is 3.92. The zero-order chi connectivity index (χ0) is 18.6. The summed E-state index contributed by atoms with van der Waals surface area (Å²) >= 11 is 7.50. The molecule has 3 aromatic carbocycles. The van der Waals surface area contributed by atoms with E-state index < -0.39 is 0 Å². The molecular weight excluding hydrogens is 376 g/mol. The predicted octanol–water partition coefficient (Wildman–Crippen LogP) is 6.27. The molecule has 4 aromatic rings.